The number of fused-ring (bicyclic) bond motifs is 1. The van der Waals surface area contributed by atoms with Crippen LogP contribution < -0.4 is 4.90 Å². The van der Waals surface area contributed by atoms with E-state index in [1.807, 2.05) is 4.57 Å². The van der Waals surface area contributed by atoms with E-state index in [2.05, 4.69) is 34.9 Å². The number of amides is 1. The zero-order chi connectivity index (χ0) is 30.0. The maximum atomic E-state index is 15.6. The van der Waals surface area contributed by atoms with Gasteiger partial charge < -0.3 is 14.2 Å². The fourth-order valence-corrected chi connectivity index (χ4v) is 6.16. The summed E-state index contributed by atoms with van der Waals surface area (Å²) in [5.74, 6) is -2.76. The van der Waals surface area contributed by atoms with E-state index >= 15 is 8.78 Å². The predicted molar refractivity (Wildman–Crippen MR) is 147 cm³/mol. The molecule has 1 saturated heterocycles. The molecule has 222 valence electrons. The largest absolute Gasteiger partial charge is 0.505 e. The number of hydrogen-bond donors (Lipinski definition) is 0. The van der Waals surface area contributed by atoms with Crippen molar-refractivity contribution in [1.82, 2.24) is 24.5 Å². The molecule has 2 aromatic heterocycles. The second-order valence-corrected chi connectivity index (χ2v) is 17.7. The number of β-lactam (4-membered cyclic amide) rings is 1. The molecule has 1 amide bonds. The summed E-state index contributed by atoms with van der Waals surface area (Å²) in [4.78, 5) is 19.2. The topological polar surface area (TPSA) is 78.1 Å². The highest BCUT2D eigenvalue weighted by Crippen LogP contribution is 2.55. The number of imidazole rings is 1. The van der Waals surface area contributed by atoms with Crippen molar-refractivity contribution in [3.63, 3.8) is 0 Å². The number of rotatable bonds is 9. The van der Waals surface area contributed by atoms with Crippen LogP contribution in [0.3, 0.4) is 0 Å². The molecule has 42 heavy (non-hydrogen) atoms. The average molecular weight is 605 g/mol. The van der Waals surface area contributed by atoms with Gasteiger partial charge in [0.05, 0.1) is 35.5 Å². The minimum atomic E-state index is -4.82. The van der Waals surface area contributed by atoms with Gasteiger partial charge in [-0.3, -0.25) is 4.79 Å². The molecule has 8 nitrogen and oxygen atoms in total. The van der Waals surface area contributed by atoms with E-state index in [-0.39, 0.29) is 33.3 Å². The van der Waals surface area contributed by atoms with Gasteiger partial charge in [0.1, 0.15) is 24.1 Å². The highest BCUT2D eigenvalue weighted by atomic mass is 28.3. The Morgan fingerprint density at radius 1 is 1.07 bits per heavy atom. The maximum Gasteiger partial charge on any atom is 0.505 e. The van der Waals surface area contributed by atoms with Crippen LogP contribution >= 0.6 is 0 Å². The fraction of sp³-hybridized carbons (Fsp3) is 0.429. The fourth-order valence-electron chi connectivity index (χ4n) is 5.40. The number of nitrogens with zero attached hydrogens (tertiary/aromatic N) is 6. The summed E-state index contributed by atoms with van der Waals surface area (Å²) < 4.78 is 77.3. The first-order valence-electron chi connectivity index (χ1n) is 13.7. The zero-order valence-electron chi connectivity index (χ0n) is 23.2. The molecule has 0 N–H and O–H groups in total. The summed E-state index contributed by atoms with van der Waals surface area (Å²) in [6.07, 6.45) is -1.04. The normalized spacial score (nSPS) is 19.5. The molecule has 14 heteroatoms. The summed E-state index contributed by atoms with van der Waals surface area (Å²) in [5.41, 5.74) is 1.02. The van der Waals surface area contributed by atoms with Crippen LogP contribution in [0.4, 0.5) is 27.6 Å². The van der Waals surface area contributed by atoms with E-state index in [1.54, 1.807) is 24.5 Å². The van der Waals surface area contributed by atoms with Crippen molar-refractivity contribution in [2.45, 2.75) is 57.6 Å². The van der Waals surface area contributed by atoms with E-state index < -0.39 is 38.0 Å². The first-order valence-corrected chi connectivity index (χ1v) is 17.4. The number of benzene rings is 2. The number of carbonyl (C=O) groups is 1. The van der Waals surface area contributed by atoms with Gasteiger partial charge in [-0.15, -0.1) is 18.3 Å². The quantitative estimate of drug-likeness (QED) is 0.0947. The lowest BCUT2D eigenvalue weighted by Crippen LogP contribution is -2.56. The van der Waals surface area contributed by atoms with Gasteiger partial charge in [0.25, 0.3) is 0 Å². The van der Waals surface area contributed by atoms with Crippen molar-refractivity contribution in [3.05, 3.63) is 60.1 Å². The Hall–Kier alpha value is -3.65. The van der Waals surface area contributed by atoms with Crippen molar-refractivity contribution in [2.75, 3.05) is 11.5 Å². The van der Waals surface area contributed by atoms with Crippen LogP contribution in [0.25, 0.3) is 22.3 Å². The first kappa shape index (κ1) is 28.5. The maximum absolute atomic E-state index is 15.6. The zero-order valence-corrected chi connectivity index (χ0v) is 24.2. The second-order valence-electron chi connectivity index (χ2n) is 12.1. The van der Waals surface area contributed by atoms with Crippen LogP contribution in [0.2, 0.25) is 25.7 Å². The lowest BCUT2D eigenvalue weighted by atomic mass is 9.78. The summed E-state index contributed by atoms with van der Waals surface area (Å²) in [6, 6.07) is 7.22. The second kappa shape index (κ2) is 10.3. The van der Waals surface area contributed by atoms with Crippen molar-refractivity contribution in [3.8, 4) is 11.3 Å². The van der Waals surface area contributed by atoms with Gasteiger partial charge in [-0.05, 0) is 55.1 Å². The van der Waals surface area contributed by atoms with Crippen molar-refractivity contribution in [1.29, 1.82) is 0 Å². The van der Waals surface area contributed by atoms with E-state index in [0.29, 0.717) is 30.7 Å². The Kier molecular flexibility index (Phi) is 6.95. The lowest BCUT2D eigenvalue weighted by Gasteiger charge is -2.48. The molecule has 0 radical (unpaired) electrons. The molecule has 2 atom stereocenters. The summed E-state index contributed by atoms with van der Waals surface area (Å²) in [6.45, 7) is 7.81. The predicted octanol–water partition coefficient (Wildman–Crippen LogP) is 6.48. The van der Waals surface area contributed by atoms with Crippen LogP contribution in [0.15, 0.2) is 42.9 Å². The molecule has 2 aliphatic rings. The number of alkyl halides is 3. The van der Waals surface area contributed by atoms with Crippen molar-refractivity contribution < 1.29 is 31.5 Å². The van der Waals surface area contributed by atoms with Crippen LogP contribution in [0.5, 0.6) is 0 Å². The average Bonchev–Trinajstić information content (AvgIpc) is 3.42. The van der Waals surface area contributed by atoms with Gasteiger partial charge in [-0.1, -0.05) is 24.9 Å². The van der Waals surface area contributed by atoms with Gasteiger partial charge >= 0.3 is 6.30 Å². The van der Waals surface area contributed by atoms with Gasteiger partial charge in [0, 0.05) is 31.5 Å². The van der Waals surface area contributed by atoms with Gasteiger partial charge in [-0.2, -0.15) is 4.68 Å². The molecular formula is C28H29F5N6O2Si. The lowest BCUT2D eigenvalue weighted by molar-refractivity contribution is -0.213. The molecular weight excluding hydrogens is 575 g/mol. The molecule has 4 aromatic rings. The SMILES string of the molecule is C[Si](C)(C)CCOCn1cnc2cc(N3C(=O)C(C4CC4)C3c3c(F)cc(-c4cn(C(F)(F)F)nn4)cc3F)ccc21. The minimum absolute atomic E-state index is 0.0140. The number of aromatic nitrogens is 5. The Morgan fingerprint density at radius 2 is 1.79 bits per heavy atom. The van der Waals surface area contributed by atoms with Crippen LogP contribution in [-0.2, 0) is 22.6 Å². The number of anilines is 1. The molecule has 3 heterocycles. The van der Waals surface area contributed by atoms with E-state index in [0.717, 1.165) is 36.5 Å². The summed E-state index contributed by atoms with van der Waals surface area (Å²) >= 11 is 0. The van der Waals surface area contributed by atoms with Crippen molar-refractivity contribution >= 4 is 30.7 Å². The third-order valence-electron chi connectivity index (χ3n) is 7.80. The molecule has 0 spiro atoms. The molecule has 1 aliphatic heterocycles. The Balaban J connectivity index is 1.28. The Labute approximate surface area is 239 Å². The van der Waals surface area contributed by atoms with Crippen LogP contribution in [0, 0.1) is 23.5 Å². The molecule has 2 aromatic carbocycles. The standard InChI is InChI=1S/C28H29F5N6O2Si/c1-42(2,3)9-8-41-15-37-14-34-21-12-18(6-7-23(21)37)39-26(24(27(39)40)16-4-5-16)25-19(29)10-17(11-20(25)30)22-13-38(36-35-22)28(31,32)33/h6-7,10-14,16,24,26H,4-5,8-9,15H2,1-3H3. The number of halogens is 5. The number of carbonyl (C=O) groups excluding carboxylic acids is 1. The smallest absolute Gasteiger partial charge is 0.361 e. The minimum Gasteiger partial charge on any atom is -0.361 e. The third kappa shape index (κ3) is 5.33. The molecule has 2 unspecified atom stereocenters. The van der Waals surface area contributed by atoms with Gasteiger partial charge in [-0.25, -0.2) is 13.8 Å². The number of hydrogen-bond acceptors (Lipinski definition) is 5. The van der Waals surface area contributed by atoms with E-state index in [1.165, 1.54) is 4.90 Å². The molecule has 6 rings (SSSR count). The van der Waals surface area contributed by atoms with E-state index in [4.69, 9.17) is 4.74 Å². The monoisotopic (exact) mass is 604 g/mol. The molecule has 2 fully saturated rings. The summed E-state index contributed by atoms with van der Waals surface area (Å²) in [7, 11) is -1.22. The first-order chi connectivity index (χ1) is 19.8. The van der Waals surface area contributed by atoms with Gasteiger partial charge in [0.2, 0.25) is 5.91 Å². The molecule has 0 bridgehead atoms. The molecule has 1 saturated carbocycles. The van der Waals surface area contributed by atoms with E-state index in [9.17, 15) is 18.0 Å². The highest BCUT2D eigenvalue weighted by molar-refractivity contribution is 6.76. The van der Waals surface area contributed by atoms with Crippen LogP contribution in [0.1, 0.15) is 24.4 Å². The number of ether oxygens (including phenoxy) is 1. The highest BCUT2D eigenvalue weighted by Gasteiger charge is 2.56. The van der Waals surface area contributed by atoms with Crippen LogP contribution in [-0.4, -0.2) is 45.1 Å². The Morgan fingerprint density at radius 3 is 2.40 bits per heavy atom. The Bertz CT molecular complexity index is 1640. The third-order valence-corrected chi connectivity index (χ3v) is 9.51. The van der Waals surface area contributed by atoms with Crippen molar-refractivity contribution in [2.24, 2.45) is 11.8 Å². The van der Waals surface area contributed by atoms with Gasteiger partial charge in [0.15, 0.2) is 0 Å². The summed E-state index contributed by atoms with van der Waals surface area (Å²) in [5, 5.41) is 6.42. The molecule has 1 aliphatic carbocycles.